The van der Waals surface area contributed by atoms with Crippen LogP contribution in [0.3, 0.4) is 0 Å². The Labute approximate surface area is 348 Å². The Bertz CT molecular complexity index is 2810. The van der Waals surface area contributed by atoms with Gasteiger partial charge in [0.15, 0.2) is 0 Å². The van der Waals surface area contributed by atoms with E-state index >= 15 is 0 Å². The van der Waals surface area contributed by atoms with E-state index in [0.29, 0.717) is 0 Å². The summed E-state index contributed by atoms with van der Waals surface area (Å²) in [6.45, 7) is 13.5. The lowest BCUT2D eigenvalue weighted by Crippen LogP contribution is -2.12. The van der Waals surface area contributed by atoms with Crippen molar-refractivity contribution in [3.8, 4) is 66.8 Å². The van der Waals surface area contributed by atoms with Crippen LogP contribution in [0.25, 0.3) is 88.7 Å². The number of rotatable bonds is 6. The summed E-state index contributed by atoms with van der Waals surface area (Å²) in [6.07, 6.45) is 0. The molecule has 9 rings (SSSR count). The lowest BCUT2D eigenvalue weighted by Gasteiger charge is -2.23. The van der Waals surface area contributed by atoms with Gasteiger partial charge < -0.3 is 15.9 Å². The maximum absolute atomic E-state index is 7.02. The molecule has 0 fully saturated rings. The number of anilines is 2. The molecule has 0 aliphatic rings. The van der Waals surface area contributed by atoms with Gasteiger partial charge in [-0.15, -0.1) is 0 Å². The minimum Gasteiger partial charge on any atom is -0.456 e. The molecule has 0 spiro atoms. The van der Waals surface area contributed by atoms with Gasteiger partial charge in [0.2, 0.25) is 0 Å². The van der Waals surface area contributed by atoms with Gasteiger partial charge in [-0.2, -0.15) is 0 Å². The Kier molecular flexibility index (Phi) is 9.28. The molecule has 3 nitrogen and oxygen atoms in total. The van der Waals surface area contributed by atoms with Gasteiger partial charge in [-0.05, 0) is 127 Å². The molecule has 1 heterocycles. The predicted molar refractivity (Wildman–Crippen MR) is 253 cm³/mol. The molecule has 0 unspecified atom stereocenters. The van der Waals surface area contributed by atoms with Gasteiger partial charge in [0.1, 0.15) is 11.2 Å². The van der Waals surface area contributed by atoms with Gasteiger partial charge in [-0.3, -0.25) is 0 Å². The largest absolute Gasteiger partial charge is 0.456 e. The summed E-state index contributed by atoms with van der Waals surface area (Å²) < 4.78 is 6.42. The minimum absolute atomic E-state index is 0.0479. The first-order valence-electron chi connectivity index (χ1n) is 20.5. The van der Waals surface area contributed by atoms with Gasteiger partial charge in [0, 0.05) is 44.4 Å². The van der Waals surface area contributed by atoms with Crippen molar-refractivity contribution in [2.75, 3.05) is 11.5 Å². The van der Waals surface area contributed by atoms with Crippen LogP contribution in [0.15, 0.2) is 174 Å². The summed E-state index contributed by atoms with van der Waals surface area (Å²) in [7, 11) is 0. The third-order valence-electron chi connectivity index (χ3n) is 11.7. The molecule has 0 atom stereocenters. The first-order chi connectivity index (χ1) is 28.3. The topological polar surface area (TPSA) is 65.2 Å². The maximum atomic E-state index is 7.02. The molecular weight excluding hydrogens is 717 g/mol. The highest BCUT2D eigenvalue weighted by atomic mass is 16.3. The first kappa shape index (κ1) is 37.7. The fourth-order valence-corrected chi connectivity index (χ4v) is 8.23. The van der Waals surface area contributed by atoms with E-state index in [9.17, 15) is 0 Å². The average molecular weight is 767 g/mol. The van der Waals surface area contributed by atoms with Crippen LogP contribution in [-0.2, 0) is 10.8 Å². The van der Waals surface area contributed by atoms with E-state index in [4.69, 9.17) is 15.9 Å². The number of nitrogens with two attached hydrogens (primary N) is 2. The number of furan rings is 1. The summed E-state index contributed by atoms with van der Waals surface area (Å²) in [5, 5.41) is 2.16. The molecule has 0 saturated carbocycles. The van der Waals surface area contributed by atoms with Crippen molar-refractivity contribution >= 4 is 33.3 Å². The third kappa shape index (κ3) is 7.19. The molecular formula is C56H50N2O. The van der Waals surface area contributed by atoms with E-state index in [1.807, 2.05) is 12.1 Å². The maximum Gasteiger partial charge on any atom is 0.135 e. The Morgan fingerprint density at radius 3 is 1.02 bits per heavy atom. The minimum atomic E-state index is -0.0479. The summed E-state index contributed by atoms with van der Waals surface area (Å²) >= 11 is 0. The predicted octanol–water partition coefficient (Wildman–Crippen LogP) is 15.3. The van der Waals surface area contributed by atoms with E-state index < -0.39 is 0 Å². The third-order valence-corrected chi connectivity index (χ3v) is 11.7. The highest BCUT2D eigenvalue weighted by molar-refractivity contribution is 6.08. The number of nitrogen functional groups attached to an aromatic ring is 2. The number of benzene rings is 8. The second kappa shape index (κ2) is 14.5. The Hall–Kier alpha value is -6.84. The molecule has 0 radical (unpaired) electrons. The van der Waals surface area contributed by atoms with Crippen molar-refractivity contribution in [3.05, 3.63) is 181 Å². The van der Waals surface area contributed by atoms with E-state index in [2.05, 4.69) is 199 Å². The highest BCUT2D eigenvalue weighted by Gasteiger charge is 2.22. The van der Waals surface area contributed by atoms with Crippen LogP contribution in [0.2, 0.25) is 0 Å². The standard InChI is InChI=1S/C56H50N2O/c1-55(2,3)43-31-45(35-15-9-7-10-16-35)53(57)47(33-43)41-21-13-19-37(27-41)39-23-25-51-49(29-39)50-30-40(24-26-52(50)59-51)38-20-14-22-42(28-38)48-34-44(56(4,5)6)32-46(54(48)58)36-17-11-8-12-18-36/h7-34H,57-58H2,1-6H3. The van der Waals surface area contributed by atoms with Crippen LogP contribution in [0.5, 0.6) is 0 Å². The monoisotopic (exact) mass is 766 g/mol. The number of hydrogen-bond donors (Lipinski definition) is 2. The van der Waals surface area contributed by atoms with Crippen LogP contribution < -0.4 is 11.5 Å². The van der Waals surface area contributed by atoms with Crippen molar-refractivity contribution in [1.82, 2.24) is 0 Å². The quantitative estimate of drug-likeness (QED) is 0.166. The van der Waals surface area contributed by atoms with Gasteiger partial charge in [-0.25, -0.2) is 0 Å². The smallest absolute Gasteiger partial charge is 0.135 e. The molecule has 0 aliphatic carbocycles. The van der Waals surface area contributed by atoms with E-state index in [0.717, 1.165) is 100 Å². The zero-order valence-electron chi connectivity index (χ0n) is 34.7. The summed E-state index contributed by atoms with van der Waals surface area (Å²) in [4.78, 5) is 0. The average Bonchev–Trinajstić information content (AvgIpc) is 3.61. The van der Waals surface area contributed by atoms with Crippen molar-refractivity contribution in [2.24, 2.45) is 0 Å². The van der Waals surface area contributed by atoms with Crippen molar-refractivity contribution in [1.29, 1.82) is 0 Å². The zero-order chi connectivity index (χ0) is 41.1. The molecule has 9 aromatic rings. The summed E-state index contributed by atoms with van der Waals surface area (Å²) in [5.74, 6) is 0. The van der Waals surface area contributed by atoms with Gasteiger partial charge >= 0.3 is 0 Å². The van der Waals surface area contributed by atoms with E-state index in [1.165, 1.54) is 11.1 Å². The lowest BCUT2D eigenvalue weighted by molar-refractivity contribution is 0.590. The summed E-state index contributed by atoms with van der Waals surface area (Å²) in [5.41, 5.74) is 32.8. The summed E-state index contributed by atoms with van der Waals surface area (Å²) in [6, 6.07) is 60.4. The normalized spacial score (nSPS) is 12.0. The zero-order valence-corrected chi connectivity index (χ0v) is 34.7. The van der Waals surface area contributed by atoms with Crippen molar-refractivity contribution in [2.45, 2.75) is 52.4 Å². The van der Waals surface area contributed by atoms with E-state index in [1.54, 1.807) is 0 Å². The van der Waals surface area contributed by atoms with E-state index in [-0.39, 0.29) is 10.8 Å². The molecule has 4 N–H and O–H groups in total. The van der Waals surface area contributed by atoms with Crippen molar-refractivity contribution in [3.63, 3.8) is 0 Å². The highest BCUT2D eigenvalue weighted by Crippen LogP contribution is 2.43. The second-order valence-electron chi connectivity index (χ2n) is 17.9. The fourth-order valence-electron chi connectivity index (χ4n) is 8.23. The molecule has 1 aromatic heterocycles. The number of fused-ring (bicyclic) bond motifs is 3. The lowest BCUT2D eigenvalue weighted by atomic mass is 9.82. The van der Waals surface area contributed by atoms with Crippen LogP contribution in [0.1, 0.15) is 52.7 Å². The van der Waals surface area contributed by atoms with Gasteiger partial charge in [-0.1, -0.05) is 151 Å². The molecule has 59 heavy (non-hydrogen) atoms. The van der Waals surface area contributed by atoms with Crippen LogP contribution in [-0.4, -0.2) is 0 Å². The van der Waals surface area contributed by atoms with Crippen LogP contribution >= 0.6 is 0 Å². The molecule has 0 saturated heterocycles. The van der Waals surface area contributed by atoms with Crippen LogP contribution in [0, 0.1) is 0 Å². The Morgan fingerprint density at radius 2 is 0.644 bits per heavy atom. The Morgan fingerprint density at radius 1 is 0.322 bits per heavy atom. The molecule has 0 aliphatic heterocycles. The first-order valence-corrected chi connectivity index (χ1v) is 20.5. The molecule has 0 bridgehead atoms. The molecule has 0 amide bonds. The van der Waals surface area contributed by atoms with Gasteiger partial charge in [0.05, 0.1) is 0 Å². The van der Waals surface area contributed by atoms with Gasteiger partial charge in [0.25, 0.3) is 0 Å². The fraction of sp³-hybridized carbons (Fsp3) is 0.143. The van der Waals surface area contributed by atoms with Crippen molar-refractivity contribution < 1.29 is 4.42 Å². The Balaban J connectivity index is 1.11. The second-order valence-corrected chi connectivity index (χ2v) is 17.9. The molecule has 290 valence electrons. The van der Waals surface area contributed by atoms with Crippen LogP contribution in [0.4, 0.5) is 11.4 Å². The molecule has 8 aromatic carbocycles. The number of hydrogen-bond acceptors (Lipinski definition) is 3. The SMILES string of the molecule is CC(C)(C)c1cc(-c2ccccc2)c(N)c(-c2cccc(-c3ccc4oc5ccc(-c6cccc(-c7cc(C(C)(C)C)cc(-c8ccccc8)c7N)c6)cc5c4c3)c2)c1. The molecule has 3 heteroatoms.